The van der Waals surface area contributed by atoms with E-state index in [-0.39, 0.29) is 18.1 Å². The van der Waals surface area contributed by atoms with Crippen molar-refractivity contribution in [3.63, 3.8) is 0 Å². The third-order valence-corrected chi connectivity index (χ3v) is 53.2. The predicted octanol–water partition coefficient (Wildman–Crippen LogP) is 12.5. The van der Waals surface area contributed by atoms with E-state index in [1.165, 1.54) is 44.5 Å². The van der Waals surface area contributed by atoms with E-state index in [9.17, 15) is 5.63 Å². The summed E-state index contributed by atoms with van der Waals surface area (Å²) in [6, 6.07) is 54.3. The molecule has 2 nitrogen and oxygen atoms in total. The molecule has 0 fully saturated rings. The zero-order valence-electron chi connectivity index (χ0n) is 36.2. The third-order valence-electron chi connectivity index (χ3n) is 14.2. The monoisotopic (exact) mass is 858 g/mol. The van der Waals surface area contributed by atoms with Gasteiger partial charge in [-0.25, -0.2) is 0 Å². The maximum absolute atomic E-state index is 9.27. The van der Waals surface area contributed by atoms with Crippen LogP contribution in [0, 0.1) is 13.8 Å². The molecule has 0 spiro atoms. The summed E-state index contributed by atoms with van der Waals surface area (Å²) in [6.45, 7) is 25.1. The SMILES string of the molecule is CC1=Cc2ccccc2[CH]1[Zr](=[SiH2])([O]c1ccc(C)cc1C(C)(C)C)([O]c1ccc(C)cc1C(C)(C)C)([c]1ccccc1)([c]1ccccc1)[CH]1C(C)=Cc2ccccc21. The van der Waals surface area contributed by atoms with Crippen LogP contribution in [0.3, 0.4) is 0 Å². The van der Waals surface area contributed by atoms with Gasteiger partial charge in [0.1, 0.15) is 0 Å². The van der Waals surface area contributed by atoms with Crippen LogP contribution >= 0.6 is 0 Å². The van der Waals surface area contributed by atoms with Crippen molar-refractivity contribution in [2.45, 2.75) is 87.3 Å². The summed E-state index contributed by atoms with van der Waals surface area (Å²) < 4.78 is 20.1. The van der Waals surface area contributed by atoms with Gasteiger partial charge in [-0.1, -0.05) is 0 Å². The third kappa shape index (κ3) is 5.16. The van der Waals surface area contributed by atoms with E-state index in [0.29, 0.717) is 0 Å². The second-order valence-corrected chi connectivity index (χ2v) is 53.5. The number of fused-ring (bicyclic) bond motifs is 2. The van der Waals surface area contributed by atoms with Crippen molar-refractivity contribution < 1.29 is 20.9 Å². The molecule has 0 heterocycles. The molecule has 0 amide bonds. The van der Waals surface area contributed by atoms with Gasteiger partial charge in [-0.2, -0.15) is 0 Å². The average Bonchev–Trinajstić information content (AvgIpc) is 3.74. The zero-order chi connectivity index (χ0) is 41.4. The van der Waals surface area contributed by atoms with Gasteiger partial charge in [-0.05, 0) is 0 Å². The molecule has 0 aromatic heterocycles. The fourth-order valence-electron chi connectivity index (χ4n) is 12.1. The van der Waals surface area contributed by atoms with E-state index in [1.54, 1.807) is 0 Å². The van der Waals surface area contributed by atoms with Gasteiger partial charge < -0.3 is 0 Å². The minimum atomic E-state index is -7.83. The van der Waals surface area contributed by atoms with Crippen LogP contribution < -0.4 is 12.2 Å². The molecule has 0 bridgehead atoms. The van der Waals surface area contributed by atoms with Crippen LogP contribution in [-0.2, 0) is 26.1 Å². The molecule has 8 rings (SSSR count). The normalized spacial score (nSPS) is 18.4. The maximum atomic E-state index is 9.27. The Bertz CT molecular complexity index is 2610. The van der Waals surface area contributed by atoms with E-state index in [0.717, 1.165) is 29.2 Å². The van der Waals surface area contributed by atoms with E-state index in [1.807, 2.05) is 0 Å². The standard InChI is InChI=1S/2C11H16O.2C10H9.2C6H5.H2Si.Zr/c2*1-8-5-6-10(12)9(7-8)11(2,3)4;2*1-8-6-9-4-2-3-5-10(9)7-8;2*1-2-4-6-5-3-1;;/h2*5-7,12H,1-4H3;2*2-7H,1H3;2*1-5H;1H2;/q;;;;;;;+2/p-2. The second-order valence-electron chi connectivity index (χ2n) is 20.2. The average molecular weight is 860 g/mol. The first-order valence-corrected chi connectivity index (χ1v) is 34.2. The fourth-order valence-corrected chi connectivity index (χ4v) is 54.4. The van der Waals surface area contributed by atoms with E-state index in [2.05, 4.69) is 234 Å². The number of benzene rings is 6. The summed E-state index contributed by atoms with van der Waals surface area (Å²) in [5.74, 6) is 1.72. The van der Waals surface area contributed by atoms with Gasteiger partial charge in [0.15, 0.2) is 0 Å². The Morgan fingerprint density at radius 2 is 0.793 bits per heavy atom. The quantitative estimate of drug-likeness (QED) is 0.142. The summed E-state index contributed by atoms with van der Waals surface area (Å²) in [5, 5.41) is 0. The number of rotatable bonds is 8. The Balaban J connectivity index is 1.82. The van der Waals surface area contributed by atoms with Gasteiger partial charge >= 0.3 is 347 Å². The molecule has 0 saturated heterocycles. The topological polar surface area (TPSA) is 18.5 Å². The molecular weight excluding hydrogens is 800 g/mol. The Morgan fingerprint density at radius 1 is 0.448 bits per heavy atom. The van der Waals surface area contributed by atoms with Gasteiger partial charge in [0.2, 0.25) is 0 Å². The molecule has 0 radical (unpaired) electrons. The molecule has 6 aromatic rings. The van der Waals surface area contributed by atoms with Crippen molar-refractivity contribution >= 4 is 25.6 Å². The molecule has 0 N–H and O–H groups in total. The van der Waals surface area contributed by atoms with Crippen molar-refractivity contribution in [2.24, 2.45) is 0 Å². The van der Waals surface area contributed by atoms with Gasteiger partial charge in [0.25, 0.3) is 0 Å². The van der Waals surface area contributed by atoms with E-state index < -0.39 is 15.3 Å². The zero-order valence-corrected chi connectivity index (χ0v) is 40.1. The molecule has 2 unspecified atom stereocenters. The van der Waals surface area contributed by atoms with Gasteiger partial charge in [0.05, 0.1) is 0 Å². The Kier molecular flexibility index (Phi) is 8.86. The molecule has 58 heavy (non-hydrogen) atoms. The minimum absolute atomic E-state index is 0.261. The van der Waals surface area contributed by atoms with Crippen LogP contribution in [0.4, 0.5) is 0 Å². The Labute approximate surface area is 344 Å². The van der Waals surface area contributed by atoms with Crippen LogP contribution in [0.5, 0.6) is 11.5 Å². The van der Waals surface area contributed by atoms with Crippen LogP contribution in [-0.4, -0.2) is 6.88 Å². The second kappa shape index (κ2) is 12.8. The molecule has 0 aliphatic heterocycles. The molecule has 296 valence electrons. The number of aryl methyl sites for hydroxylation is 2. The van der Waals surface area contributed by atoms with Gasteiger partial charge in [-0.15, -0.1) is 0 Å². The molecule has 2 aliphatic rings. The molecular formula is C54H60O2SiZr. The summed E-state index contributed by atoms with van der Waals surface area (Å²) >= 11 is -7.83. The molecule has 6 aromatic carbocycles. The summed E-state index contributed by atoms with van der Waals surface area (Å²) in [5.41, 5.74) is 11.5. The van der Waals surface area contributed by atoms with Gasteiger partial charge in [-0.3, -0.25) is 0 Å². The van der Waals surface area contributed by atoms with Crippen LogP contribution in [0.15, 0.2) is 157 Å². The predicted molar refractivity (Wildman–Crippen MR) is 247 cm³/mol. The van der Waals surface area contributed by atoms with Crippen LogP contribution in [0.1, 0.15) is 107 Å². The first kappa shape index (κ1) is 40.3. The van der Waals surface area contributed by atoms with Crippen molar-refractivity contribution in [1.29, 1.82) is 0 Å². The number of allylic oxidation sites excluding steroid dienone is 2. The Morgan fingerprint density at radius 3 is 1.16 bits per heavy atom. The van der Waals surface area contributed by atoms with Crippen molar-refractivity contribution in [3.05, 3.63) is 201 Å². The number of hydrogen-bond donors (Lipinski definition) is 0. The van der Waals surface area contributed by atoms with E-state index >= 15 is 0 Å². The van der Waals surface area contributed by atoms with Crippen LogP contribution in [0.25, 0.3) is 12.2 Å². The first-order chi connectivity index (χ1) is 27.3. The van der Waals surface area contributed by atoms with Crippen molar-refractivity contribution in [2.75, 3.05) is 0 Å². The number of hydrogen-bond acceptors (Lipinski definition) is 2. The van der Waals surface area contributed by atoms with Gasteiger partial charge in [0, 0.05) is 0 Å². The Hall–Kier alpha value is -4.50. The van der Waals surface area contributed by atoms with Crippen molar-refractivity contribution in [3.8, 4) is 11.5 Å². The molecule has 4 heteroatoms. The summed E-state index contributed by atoms with van der Waals surface area (Å²) in [4.78, 5) is 0. The molecule has 2 atom stereocenters. The van der Waals surface area contributed by atoms with E-state index in [4.69, 9.17) is 0 Å². The molecule has 2 aliphatic carbocycles. The molecule has 0 saturated carbocycles. The summed E-state index contributed by atoms with van der Waals surface area (Å²) in [7, 11) is 0. The summed E-state index contributed by atoms with van der Waals surface area (Å²) in [6.07, 6.45) is 4.83. The van der Waals surface area contributed by atoms with Crippen LogP contribution in [0.2, 0.25) is 0 Å². The first-order valence-electron chi connectivity index (χ1n) is 21.0. The fraction of sp³-hybridized carbons (Fsp3) is 0.259. The van der Waals surface area contributed by atoms with Crippen molar-refractivity contribution in [1.82, 2.24) is 0 Å².